The van der Waals surface area contributed by atoms with Crippen molar-refractivity contribution in [3.8, 4) is 0 Å². The molecular formula is C19H18N4O2S. The van der Waals surface area contributed by atoms with Gasteiger partial charge in [-0.1, -0.05) is 6.07 Å². The van der Waals surface area contributed by atoms with Crippen molar-refractivity contribution in [2.75, 3.05) is 5.32 Å². The van der Waals surface area contributed by atoms with Gasteiger partial charge in [-0.15, -0.1) is 0 Å². The topological polar surface area (TPSA) is 84.0 Å². The minimum absolute atomic E-state index is 0.193. The second-order valence-electron chi connectivity index (χ2n) is 5.84. The lowest BCUT2D eigenvalue weighted by molar-refractivity contribution is 0.0949. The average Bonchev–Trinajstić information content (AvgIpc) is 3.15. The van der Waals surface area contributed by atoms with Gasteiger partial charge in [0.1, 0.15) is 5.69 Å². The number of nitrogens with one attached hydrogen (secondary N) is 2. The summed E-state index contributed by atoms with van der Waals surface area (Å²) < 4.78 is 0. The quantitative estimate of drug-likeness (QED) is 0.725. The molecular weight excluding hydrogens is 348 g/mol. The third kappa shape index (κ3) is 4.31. The van der Waals surface area contributed by atoms with Crippen molar-refractivity contribution in [2.24, 2.45) is 0 Å². The van der Waals surface area contributed by atoms with E-state index in [-0.39, 0.29) is 17.5 Å². The second-order valence-corrected chi connectivity index (χ2v) is 6.62. The Bertz CT molecular complexity index is 921. The number of aromatic nitrogens is 2. The molecule has 3 rings (SSSR count). The van der Waals surface area contributed by atoms with E-state index in [0.717, 1.165) is 16.8 Å². The van der Waals surface area contributed by atoms with Crippen LogP contribution in [0.2, 0.25) is 0 Å². The van der Waals surface area contributed by atoms with Gasteiger partial charge >= 0.3 is 0 Å². The highest BCUT2D eigenvalue weighted by molar-refractivity contribution is 7.07. The molecule has 2 amide bonds. The number of thiophene rings is 1. The Morgan fingerprint density at radius 3 is 2.62 bits per heavy atom. The van der Waals surface area contributed by atoms with Gasteiger partial charge in [0.25, 0.3) is 11.8 Å². The van der Waals surface area contributed by atoms with Crippen LogP contribution in [0.5, 0.6) is 0 Å². The molecule has 132 valence electrons. The third-order valence-electron chi connectivity index (χ3n) is 3.79. The van der Waals surface area contributed by atoms with Gasteiger partial charge in [0, 0.05) is 24.0 Å². The normalized spacial score (nSPS) is 10.4. The summed E-state index contributed by atoms with van der Waals surface area (Å²) in [7, 11) is 0. The summed E-state index contributed by atoms with van der Waals surface area (Å²) in [6.07, 6.45) is 2.97. The lowest BCUT2D eigenvalue weighted by atomic mass is 10.1. The number of carbonyl (C=O) groups is 2. The number of carbonyl (C=O) groups excluding carboxylic acids is 2. The molecule has 2 aromatic heterocycles. The van der Waals surface area contributed by atoms with E-state index in [0.29, 0.717) is 17.8 Å². The predicted molar refractivity (Wildman–Crippen MR) is 101 cm³/mol. The first-order valence-electron chi connectivity index (χ1n) is 8.03. The molecule has 0 bridgehead atoms. The Hall–Kier alpha value is -3.06. The van der Waals surface area contributed by atoms with Crippen molar-refractivity contribution in [3.63, 3.8) is 0 Å². The first-order chi connectivity index (χ1) is 12.5. The maximum absolute atomic E-state index is 12.4. The molecule has 26 heavy (non-hydrogen) atoms. The van der Waals surface area contributed by atoms with Crippen LogP contribution >= 0.6 is 11.3 Å². The summed E-state index contributed by atoms with van der Waals surface area (Å²) in [5, 5.41) is 9.62. The molecule has 7 heteroatoms. The van der Waals surface area contributed by atoms with Crippen LogP contribution in [0.3, 0.4) is 0 Å². The SMILES string of the molecule is Cc1cnc(C(=O)Nc2cc(C(=O)NCc3ccsc3)ccc2C)cn1. The maximum atomic E-state index is 12.4. The van der Waals surface area contributed by atoms with Crippen molar-refractivity contribution in [1.82, 2.24) is 15.3 Å². The zero-order chi connectivity index (χ0) is 18.5. The van der Waals surface area contributed by atoms with Gasteiger partial charge in [0.2, 0.25) is 0 Å². The number of anilines is 1. The molecule has 0 aliphatic heterocycles. The van der Waals surface area contributed by atoms with Crippen LogP contribution in [0.25, 0.3) is 0 Å². The molecule has 0 spiro atoms. The van der Waals surface area contributed by atoms with Crippen LogP contribution in [-0.4, -0.2) is 21.8 Å². The number of hydrogen-bond acceptors (Lipinski definition) is 5. The molecule has 0 saturated carbocycles. The first-order valence-corrected chi connectivity index (χ1v) is 8.97. The van der Waals surface area contributed by atoms with E-state index in [9.17, 15) is 9.59 Å². The minimum atomic E-state index is -0.364. The Morgan fingerprint density at radius 1 is 1.08 bits per heavy atom. The van der Waals surface area contributed by atoms with Crippen molar-refractivity contribution in [3.05, 3.63) is 75.5 Å². The number of hydrogen-bond donors (Lipinski definition) is 2. The monoisotopic (exact) mass is 366 g/mol. The smallest absolute Gasteiger partial charge is 0.275 e. The largest absolute Gasteiger partial charge is 0.348 e. The predicted octanol–water partition coefficient (Wildman–Crippen LogP) is 3.34. The molecule has 2 N–H and O–H groups in total. The summed E-state index contributed by atoms with van der Waals surface area (Å²) in [5.74, 6) is -0.557. The fourth-order valence-corrected chi connectivity index (χ4v) is 2.94. The van der Waals surface area contributed by atoms with Gasteiger partial charge in [-0.2, -0.15) is 11.3 Å². The Labute approximate surface area is 155 Å². The molecule has 0 saturated heterocycles. The second kappa shape index (κ2) is 7.88. The standard InChI is InChI=1S/C19H18N4O2S/c1-12-3-4-15(18(24)22-9-14-5-6-26-11-14)7-16(12)23-19(25)17-10-20-13(2)8-21-17/h3-8,10-11H,9H2,1-2H3,(H,22,24)(H,23,25). The van der Waals surface area contributed by atoms with E-state index in [1.807, 2.05) is 23.8 Å². The molecule has 0 atom stereocenters. The van der Waals surface area contributed by atoms with Gasteiger partial charge in [0.05, 0.1) is 11.9 Å². The van der Waals surface area contributed by atoms with E-state index in [2.05, 4.69) is 20.6 Å². The van der Waals surface area contributed by atoms with Crippen LogP contribution in [0.1, 0.15) is 37.7 Å². The Morgan fingerprint density at radius 2 is 1.92 bits per heavy atom. The first kappa shape index (κ1) is 17.8. The van der Waals surface area contributed by atoms with Gasteiger partial charge < -0.3 is 10.6 Å². The van der Waals surface area contributed by atoms with E-state index >= 15 is 0 Å². The molecule has 0 unspecified atom stereocenters. The van der Waals surface area contributed by atoms with Gasteiger partial charge in [0.15, 0.2) is 0 Å². The molecule has 0 aliphatic carbocycles. The van der Waals surface area contributed by atoms with Gasteiger partial charge in [-0.3, -0.25) is 14.6 Å². The minimum Gasteiger partial charge on any atom is -0.348 e. The van der Waals surface area contributed by atoms with Crippen molar-refractivity contribution in [1.29, 1.82) is 0 Å². The number of nitrogens with zero attached hydrogens (tertiary/aromatic N) is 2. The molecule has 0 aliphatic rings. The summed E-state index contributed by atoms with van der Waals surface area (Å²) in [6.45, 7) is 4.14. The van der Waals surface area contributed by atoms with Crippen LogP contribution in [0, 0.1) is 13.8 Å². The highest BCUT2D eigenvalue weighted by atomic mass is 32.1. The Kier molecular flexibility index (Phi) is 5.38. The third-order valence-corrected chi connectivity index (χ3v) is 4.53. The molecule has 0 radical (unpaired) electrons. The van der Waals surface area contributed by atoms with E-state index in [4.69, 9.17) is 0 Å². The summed E-state index contributed by atoms with van der Waals surface area (Å²) in [4.78, 5) is 32.8. The molecule has 0 fully saturated rings. The number of rotatable bonds is 5. The van der Waals surface area contributed by atoms with Crippen LogP contribution in [0.4, 0.5) is 5.69 Å². The maximum Gasteiger partial charge on any atom is 0.275 e. The molecule has 2 heterocycles. The zero-order valence-electron chi connectivity index (χ0n) is 14.4. The van der Waals surface area contributed by atoms with Gasteiger partial charge in [-0.25, -0.2) is 4.98 Å². The summed E-state index contributed by atoms with van der Waals surface area (Å²) in [5.41, 5.74) is 3.93. The van der Waals surface area contributed by atoms with Crippen LogP contribution in [-0.2, 0) is 6.54 Å². The van der Waals surface area contributed by atoms with Crippen molar-refractivity contribution >= 4 is 28.8 Å². The lowest BCUT2D eigenvalue weighted by Gasteiger charge is -2.11. The number of aryl methyl sites for hydroxylation is 2. The lowest BCUT2D eigenvalue weighted by Crippen LogP contribution is -2.23. The van der Waals surface area contributed by atoms with Crippen molar-refractivity contribution < 1.29 is 9.59 Å². The van der Waals surface area contributed by atoms with Crippen molar-refractivity contribution in [2.45, 2.75) is 20.4 Å². The number of benzene rings is 1. The fourth-order valence-electron chi connectivity index (χ4n) is 2.27. The van der Waals surface area contributed by atoms with E-state index in [1.54, 1.807) is 36.5 Å². The van der Waals surface area contributed by atoms with E-state index < -0.39 is 0 Å². The summed E-state index contributed by atoms with van der Waals surface area (Å²) in [6, 6.07) is 7.17. The van der Waals surface area contributed by atoms with Crippen LogP contribution in [0.15, 0.2) is 47.4 Å². The average molecular weight is 366 g/mol. The van der Waals surface area contributed by atoms with E-state index in [1.165, 1.54) is 12.4 Å². The molecule has 1 aromatic carbocycles. The highest BCUT2D eigenvalue weighted by Gasteiger charge is 2.12. The fraction of sp³-hybridized carbons (Fsp3) is 0.158. The zero-order valence-corrected chi connectivity index (χ0v) is 15.3. The van der Waals surface area contributed by atoms with Crippen LogP contribution < -0.4 is 10.6 Å². The van der Waals surface area contributed by atoms with Gasteiger partial charge in [-0.05, 0) is 53.9 Å². The highest BCUT2D eigenvalue weighted by Crippen LogP contribution is 2.18. The summed E-state index contributed by atoms with van der Waals surface area (Å²) >= 11 is 1.59. The Balaban J connectivity index is 1.71. The molecule has 3 aromatic rings. The number of amides is 2. The molecule has 6 nitrogen and oxygen atoms in total.